The molecular formula is C12H12BrN5O. The van der Waals surface area contributed by atoms with E-state index in [1.54, 1.807) is 24.5 Å². The van der Waals surface area contributed by atoms with Crippen molar-refractivity contribution in [1.29, 1.82) is 0 Å². The number of amides is 1. The number of nitrogens with one attached hydrogen (secondary N) is 2. The number of nitrogen functional groups attached to an aromatic ring is 1. The monoisotopic (exact) mass is 321 g/mol. The molecule has 0 aliphatic rings. The third-order valence-corrected chi connectivity index (χ3v) is 2.91. The minimum Gasteiger partial charge on any atom is -0.308 e. The van der Waals surface area contributed by atoms with E-state index < -0.39 is 0 Å². The molecule has 7 heteroatoms. The van der Waals surface area contributed by atoms with E-state index >= 15 is 0 Å². The quantitative estimate of drug-likeness (QED) is 0.594. The molecule has 0 unspecified atom stereocenters. The maximum absolute atomic E-state index is 12.2. The number of aryl methyl sites for hydroxylation is 1. The summed E-state index contributed by atoms with van der Waals surface area (Å²) >= 11 is 3.27. The van der Waals surface area contributed by atoms with Crippen molar-refractivity contribution in [2.75, 3.05) is 10.7 Å². The van der Waals surface area contributed by atoms with Crippen LogP contribution in [0.25, 0.3) is 0 Å². The van der Waals surface area contributed by atoms with Crippen LogP contribution in [0.4, 0.5) is 11.6 Å². The van der Waals surface area contributed by atoms with Gasteiger partial charge < -0.3 is 10.7 Å². The Hall–Kier alpha value is -1.99. The summed E-state index contributed by atoms with van der Waals surface area (Å²) in [6.45, 7) is 1.86. The highest BCUT2D eigenvalue weighted by molar-refractivity contribution is 9.10. The van der Waals surface area contributed by atoms with Crippen LogP contribution in [-0.2, 0) is 0 Å². The van der Waals surface area contributed by atoms with Crippen molar-refractivity contribution in [2.24, 2.45) is 5.84 Å². The van der Waals surface area contributed by atoms with Gasteiger partial charge >= 0.3 is 0 Å². The summed E-state index contributed by atoms with van der Waals surface area (Å²) in [5, 5.41) is 2.72. The number of hydrogen-bond donors (Lipinski definition) is 3. The standard InChI is InChI=1S/C12H12BrN5O/c1-7-3-2-4-15-10(7)17-12(19)9-5-8(13)6-16-11(9)18-14/h2-6H,14H2,1H3,(H,16,18)(H,15,17,19). The van der Waals surface area contributed by atoms with Crippen molar-refractivity contribution in [1.82, 2.24) is 9.97 Å². The summed E-state index contributed by atoms with van der Waals surface area (Å²) in [5.74, 6) is 5.82. The summed E-state index contributed by atoms with van der Waals surface area (Å²) in [6, 6.07) is 5.30. The van der Waals surface area contributed by atoms with Gasteiger partial charge in [-0.2, -0.15) is 0 Å². The van der Waals surface area contributed by atoms with Crippen LogP contribution in [0.15, 0.2) is 35.1 Å². The molecule has 2 aromatic heterocycles. The largest absolute Gasteiger partial charge is 0.308 e. The second-order valence-corrected chi connectivity index (χ2v) is 4.73. The van der Waals surface area contributed by atoms with Crippen LogP contribution < -0.4 is 16.6 Å². The molecule has 0 aromatic carbocycles. The lowest BCUT2D eigenvalue weighted by molar-refractivity contribution is 0.102. The number of carbonyl (C=O) groups excluding carboxylic acids is 1. The molecule has 0 atom stereocenters. The molecule has 98 valence electrons. The second kappa shape index (κ2) is 5.77. The number of hydrazine groups is 1. The molecule has 6 nitrogen and oxygen atoms in total. The highest BCUT2D eigenvalue weighted by atomic mass is 79.9. The van der Waals surface area contributed by atoms with Gasteiger partial charge in [0, 0.05) is 16.9 Å². The normalized spacial score (nSPS) is 10.1. The Morgan fingerprint density at radius 3 is 2.84 bits per heavy atom. The Labute approximate surface area is 118 Å². The van der Waals surface area contributed by atoms with E-state index in [1.807, 2.05) is 13.0 Å². The first-order chi connectivity index (χ1) is 9.11. The fraction of sp³-hybridized carbons (Fsp3) is 0.0833. The number of rotatable bonds is 3. The Morgan fingerprint density at radius 1 is 1.37 bits per heavy atom. The van der Waals surface area contributed by atoms with Crippen molar-refractivity contribution < 1.29 is 4.79 Å². The molecule has 0 aliphatic heterocycles. The Balaban J connectivity index is 2.30. The topological polar surface area (TPSA) is 92.9 Å². The average Bonchev–Trinajstić information content (AvgIpc) is 2.41. The van der Waals surface area contributed by atoms with Crippen LogP contribution in [-0.4, -0.2) is 15.9 Å². The maximum atomic E-state index is 12.2. The smallest absolute Gasteiger partial charge is 0.260 e. The lowest BCUT2D eigenvalue weighted by atomic mass is 10.2. The number of pyridine rings is 2. The van der Waals surface area contributed by atoms with Crippen LogP contribution in [0.2, 0.25) is 0 Å². The fourth-order valence-electron chi connectivity index (χ4n) is 1.52. The van der Waals surface area contributed by atoms with Gasteiger partial charge in [-0.3, -0.25) is 4.79 Å². The molecule has 2 heterocycles. The lowest BCUT2D eigenvalue weighted by Gasteiger charge is -2.10. The van der Waals surface area contributed by atoms with Gasteiger partial charge in [0.05, 0.1) is 5.56 Å². The molecular weight excluding hydrogens is 310 g/mol. The highest BCUT2D eigenvalue weighted by Gasteiger charge is 2.14. The minimum absolute atomic E-state index is 0.300. The van der Waals surface area contributed by atoms with Gasteiger partial charge in [0.15, 0.2) is 5.82 Å². The summed E-state index contributed by atoms with van der Waals surface area (Å²) in [6.07, 6.45) is 3.17. The molecule has 0 aliphatic carbocycles. The number of halogens is 1. The number of nitrogens with zero attached hydrogens (tertiary/aromatic N) is 2. The lowest BCUT2D eigenvalue weighted by Crippen LogP contribution is -2.19. The van der Waals surface area contributed by atoms with Crippen LogP contribution in [0.1, 0.15) is 15.9 Å². The van der Waals surface area contributed by atoms with E-state index in [-0.39, 0.29) is 5.91 Å². The minimum atomic E-state index is -0.330. The molecule has 0 bridgehead atoms. The molecule has 0 fully saturated rings. The van der Waals surface area contributed by atoms with Gasteiger partial charge in [0.1, 0.15) is 5.82 Å². The van der Waals surface area contributed by atoms with Crippen LogP contribution >= 0.6 is 15.9 Å². The zero-order chi connectivity index (χ0) is 13.8. The van der Waals surface area contributed by atoms with Gasteiger partial charge in [-0.15, -0.1) is 0 Å². The van der Waals surface area contributed by atoms with Crippen LogP contribution in [0, 0.1) is 6.92 Å². The van der Waals surface area contributed by atoms with Gasteiger partial charge in [0.2, 0.25) is 0 Å². The van der Waals surface area contributed by atoms with E-state index in [1.165, 1.54) is 0 Å². The van der Waals surface area contributed by atoms with Crippen molar-refractivity contribution >= 4 is 33.5 Å². The van der Waals surface area contributed by atoms with Crippen molar-refractivity contribution in [3.63, 3.8) is 0 Å². The first kappa shape index (κ1) is 13.4. The SMILES string of the molecule is Cc1cccnc1NC(=O)c1cc(Br)cnc1NN. The van der Waals surface area contributed by atoms with Crippen molar-refractivity contribution in [3.05, 3.63) is 46.2 Å². The predicted molar refractivity (Wildman–Crippen MR) is 76.7 cm³/mol. The second-order valence-electron chi connectivity index (χ2n) is 3.82. The number of carbonyl (C=O) groups is 1. The predicted octanol–water partition coefficient (Wildman–Crippen LogP) is 2.09. The zero-order valence-electron chi connectivity index (χ0n) is 10.1. The van der Waals surface area contributed by atoms with Crippen LogP contribution in [0.5, 0.6) is 0 Å². The highest BCUT2D eigenvalue weighted by Crippen LogP contribution is 2.19. The first-order valence-electron chi connectivity index (χ1n) is 5.47. The summed E-state index contributed by atoms with van der Waals surface area (Å²) in [5.41, 5.74) is 3.60. The van der Waals surface area contributed by atoms with Gasteiger partial charge in [0.25, 0.3) is 5.91 Å². The average molecular weight is 322 g/mol. The molecule has 0 saturated heterocycles. The molecule has 0 radical (unpaired) electrons. The molecule has 19 heavy (non-hydrogen) atoms. The van der Waals surface area contributed by atoms with Crippen molar-refractivity contribution in [2.45, 2.75) is 6.92 Å². The Kier molecular flexibility index (Phi) is 4.08. The van der Waals surface area contributed by atoms with Gasteiger partial charge in [-0.05, 0) is 40.5 Å². The zero-order valence-corrected chi connectivity index (χ0v) is 11.7. The van der Waals surface area contributed by atoms with E-state index in [0.29, 0.717) is 21.7 Å². The third-order valence-electron chi connectivity index (χ3n) is 2.48. The molecule has 2 aromatic rings. The summed E-state index contributed by atoms with van der Waals surface area (Å²) in [4.78, 5) is 20.3. The molecule has 0 spiro atoms. The molecule has 1 amide bonds. The fourth-order valence-corrected chi connectivity index (χ4v) is 1.85. The number of nitrogens with two attached hydrogens (primary N) is 1. The first-order valence-corrected chi connectivity index (χ1v) is 6.26. The van der Waals surface area contributed by atoms with E-state index in [0.717, 1.165) is 5.56 Å². The van der Waals surface area contributed by atoms with Gasteiger partial charge in [-0.1, -0.05) is 6.07 Å². The number of hydrogen-bond acceptors (Lipinski definition) is 5. The van der Waals surface area contributed by atoms with Gasteiger partial charge in [-0.25, -0.2) is 15.8 Å². The molecule has 0 saturated carbocycles. The van der Waals surface area contributed by atoms with E-state index in [2.05, 4.69) is 36.6 Å². The van der Waals surface area contributed by atoms with E-state index in [4.69, 9.17) is 5.84 Å². The van der Waals surface area contributed by atoms with E-state index in [9.17, 15) is 4.79 Å². The van der Waals surface area contributed by atoms with Crippen LogP contribution in [0.3, 0.4) is 0 Å². The molecule has 4 N–H and O–H groups in total. The summed E-state index contributed by atoms with van der Waals surface area (Å²) in [7, 11) is 0. The number of anilines is 2. The maximum Gasteiger partial charge on any atom is 0.260 e. The molecule has 2 rings (SSSR count). The third kappa shape index (κ3) is 3.07. The summed E-state index contributed by atoms with van der Waals surface area (Å²) < 4.78 is 0.689. The Morgan fingerprint density at radius 2 is 2.16 bits per heavy atom. The number of aromatic nitrogens is 2. The van der Waals surface area contributed by atoms with Crippen molar-refractivity contribution in [3.8, 4) is 0 Å². The Bertz CT molecular complexity index is 617.